The predicted molar refractivity (Wildman–Crippen MR) is 258 cm³/mol. The first-order chi connectivity index (χ1) is 30.7. The van der Waals surface area contributed by atoms with Crippen LogP contribution >= 0.6 is 0 Å². The van der Waals surface area contributed by atoms with Crippen LogP contribution in [0.2, 0.25) is 0 Å². The number of benzene rings is 10. The van der Waals surface area contributed by atoms with Crippen LogP contribution in [0.25, 0.3) is 104 Å². The molecule has 0 aliphatic carbocycles. The number of hydrogen-bond acceptors (Lipinski definition) is 3. The number of rotatable bonds is 6. The zero-order valence-corrected chi connectivity index (χ0v) is 33.5. The van der Waals surface area contributed by atoms with Gasteiger partial charge in [0.05, 0.1) is 16.7 Å². The Labute approximate surface area is 356 Å². The summed E-state index contributed by atoms with van der Waals surface area (Å²) in [5, 5.41) is 9.41. The average molecular weight is 793 g/mol. The number of anilines is 3. The zero-order valence-electron chi connectivity index (χ0n) is 33.5. The number of fused-ring (bicyclic) bond motifs is 11. The molecule has 0 saturated carbocycles. The van der Waals surface area contributed by atoms with Gasteiger partial charge in [-0.2, -0.15) is 0 Å². The highest BCUT2D eigenvalue weighted by Gasteiger charge is 2.21. The van der Waals surface area contributed by atoms with Crippen molar-refractivity contribution < 1.29 is 8.83 Å². The summed E-state index contributed by atoms with van der Waals surface area (Å²) in [6, 6.07) is 78.1. The molecule has 62 heavy (non-hydrogen) atoms. The lowest BCUT2D eigenvalue weighted by Gasteiger charge is -2.26. The molecule has 0 N–H and O–H groups in total. The van der Waals surface area contributed by atoms with Gasteiger partial charge in [-0.1, -0.05) is 140 Å². The minimum Gasteiger partial charge on any atom is -0.456 e. The van der Waals surface area contributed by atoms with Crippen molar-refractivity contribution in [1.29, 1.82) is 0 Å². The Hall–Kier alpha value is -8.34. The zero-order chi connectivity index (χ0) is 40.7. The van der Waals surface area contributed by atoms with Gasteiger partial charge in [0.15, 0.2) is 0 Å². The second kappa shape index (κ2) is 13.6. The molecule has 0 fully saturated rings. The van der Waals surface area contributed by atoms with Crippen molar-refractivity contribution in [3.05, 3.63) is 218 Å². The summed E-state index contributed by atoms with van der Waals surface area (Å²) in [7, 11) is 0. The number of nitrogens with zero attached hydrogens (tertiary/aromatic N) is 2. The molecule has 0 amide bonds. The number of furan rings is 2. The number of hydrogen-bond donors (Lipinski definition) is 0. The molecule has 3 aromatic heterocycles. The van der Waals surface area contributed by atoms with Crippen LogP contribution in [-0.4, -0.2) is 4.57 Å². The highest BCUT2D eigenvalue weighted by atomic mass is 16.3. The summed E-state index contributed by atoms with van der Waals surface area (Å²) < 4.78 is 15.3. The van der Waals surface area contributed by atoms with Crippen LogP contribution in [0.5, 0.6) is 0 Å². The van der Waals surface area contributed by atoms with E-state index in [2.05, 4.69) is 204 Å². The Morgan fingerprint density at radius 2 is 0.871 bits per heavy atom. The lowest BCUT2D eigenvalue weighted by Crippen LogP contribution is -2.09. The molecule has 13 rings (SSSR count). The molecule has 0 aliphatic heterocycles. The van der Waals surface area contributed by atoms with Gasteiger partial charge in [0.1, 0.15) is 22.3 Å². The Morgan fingerprint density at radius 3 is 1.56 bits per heavy atom. The summed E-state index contributed by atoms with van der Waals surface area (Å²) in [4.78, 5) is 2.29. The van der Waals surface area contributed by atoms with E-state index in [1.165, 1.54) is 43.7 Å². The minimum atomic E-state index is 0.845. The van der Waals surface area contributed by atoms with Gasteiger partial charge in [0, 0.05) is 67.1 Å². The fourth-order valence-electron chi connectivity index (χ4n) is 9.71. The molecule has 0 bridgehead atoms. The Morgan fingerprint density at radius 1 is 0.323 bits per heavy atom. The molecule has 0 atom stereocenters. The maximum atomic E-state index is 6.43. The molecule has 13 aromatic rings. The van der Waals surface area contributed by atoms with Gasteiger partial charge in [-0.25, -0.2) is 0 Å². The van der Waals surface area contributed by atoms with E-state index >= 15 is 0 Å². The van der Waals surface area contributed by atoms with Gasteiger partial charge in [-0.15, -0.1) is 0 Å². The van der Waals surface area contributed by atoms with E-state index in [1.807, 2.05) is 24.3 Å². The van der Waals surface area contributed by atoms with Gasteiger partial charge in [0.25, 0.3) is 0 Å². The molecular formula is C58H36N2O2. The summed E-state index contributed by atoms with van der Waals surface area (Å²) in [5.74, 6) is 0. The smallest absolute Gasteiger partial charge is 0.137 e. The van der Waals surface area contributed by atoms with E-state index in [0.717, 1.165) is 77.8 Å². The fraction of sp³-hybridized carbons (Fsp3) is 0. The van der Waals surface area contributed by atoms with Crippen molar-refractivity contribution in [1.82, 2.24) is 4.57 Å². The van der Waals surface area contributed by atoms with Crippen LogP contribution in [0.1, 0.15) is 0 Å². The molecule has 0 saturated heterocycles. The Kier molecular flexibility index (Phi) is 7.57. The van der Waals surface area contributed by atoms with Crippen molar-refractivity contribution in [2.24, 2.45) is 0 Å². The molecule has 0 aliphatic rings. The largest absolute Gasteiger partial charge is 0.456 e. The molecule has 4 heteroatoms. The molecule has 4 nitrogen and oxygen atoms in total. The van der Waals surface area contributed by atoms with Gasteiger partial charge < -0.3 is 18.3 Å². The third-order valence-electron chi connectivity index (χ3n) is 12.6. The first-order valence-electron chi connectivity index (χ1n) is 21.1. The van der Waals surface area contributed by atoms with E-state index in [-0.39, 0.29) is 0 Å². The van der Waals surface area contributed by atoms with Gasteiger partial charge in [0.2, 0.25) is 0 Å². The quantitative estimate of drug-likeness (QED) is 0.168. The number of para-hydroxylation sites is 3. The molecule has 290 valence electrons. The maximum absolute atomic E-state index is 6.43. The van der Waals surface area contributed by atoms with Gasteiger partial charge in [-0.3, -0.25) is 0 Å². The van der Waals surface area contributed by atoms with E-state index < -0.39 is 0 Å². The lowest BCUT2D eigenvalue weighted by atomic mass is 9.97. The highest BCUT2D eigenvalue weighted by Crippen LogP contribution is 2.44. The Balaban J connectivity index is 1.00. The molecule has 10 aromatic carbocycles. The average Bonchev–Trinajstić information content (AvgIpc) is 4.01. The molecule has 3 heterocycles. The molecule has 0 radical (unpaired) electrons. The second-order valence-corrected chi connectivity index (χ2v) is 16.1. The minimum absolute atomic E-state index is 0.845. The Bertz CT molecular complexity index is 3760. The SMILES string of the molecule is c1ccc(-c2ccc(-c3ccc(N(c4ccc5c(c4)oc4ccccc45)c4ccc5c(c4)oc4ccccc45)cc3)c(-n3c4ccccc4c4c5ccccc5ccc43)c2)cc1. The summed E-state index contributed by atoms with van der Waals surface area (Å²) in [5.41, 5.74) is 14.5. The first kappa shape index (κ1) is 34.5. The summed E-state index contributed by atoms with van der Waals surface area (Å²) >= 11 is 0. The van der Waals surface area contributed by atoms with E-state index in [1.54, 1.807) is 0 Å². The third kappa shape index (κ3) is 5.33. The topological polar surface area (TPSA) is 34.5 Å². The highest BCUT2D eigenvalue weighted by molar-refractivity contribution is 6.21. The molecular weight excluding hydrogens is 757 g/mol. The van der Waals surface area contributed by atoms with Crippen LogP contribution in [0.4, 0.5) is 17.1 Å². The van der Waals surface area contributed by atoms with Crippen LogP contribution in [0.3, 0.4) is 0 Å². The predicted octanol–water partition coefficient (Wildman–Crippen LogP) is 16.5. The van der Waals surface area contributed by atoms with Crippen LogP contribution in [-0.2, 0) is 0 Å². The monoisotopic (exact) mass is 792 g/mol. The van der Waals surface area contributed by atoms with Gasteiger partial charge in [-0.05, 0) is 94.2 Å². The molecule has 0 spiro atoms. The summed E-state index contributed by atoms with van der Waals surface area (Å²) in [6.45, 7) is 0. The van der Waals surface area contributed by atoms with Crippen LogP contribution in [0.15, 0.2) is 227 Å². The van der Waals surface area contributed by atoms with Crippen LogP contribution < -0.4 is 4.90 Å². The van der Waals surface area contributed by atoms with Crippen molar-refractivity contribution in [3.8, 4) is 27.9 Å². The third-order valence-corrected chi connectivity index (χ3v) is 12.6. The lowest BCUT2D eigenvalue weighted by molar-refractivity contribution is 0.669. The van der Waals surface area contributed by atoms with Crippen molar-refractivity contribution in [2.45, 2.75) is 0 Å². The molecule has 0 unspecified atom stereocenters. The van der Waals surface area contributed by atoms with E-state index in [0.29, 0.717) is 0 Å². The number of aromatic nitrogens is 1. The second-order valence-electron chi connectivity index (χ2n) is 16.1. The van der Waals surface area contributed by atoms with E-state index in [9.17, 15) is 0 Å². The van der Waals surface area contributed by atoms with Crippen molar-refractivity contribution >= 4 is 93.5 Å². The van der Waals surface area contributed by atoms with Crippen molar-refractivity contribution in [3.63, 3.8) is 0 Å². The summed E-state index contributed by atoms with van der Waals surface area (Å²) in [6.07, 6.45) is 0. The van der Waals surface area contributed by atoms with E-state index in [4.69, 9.17) is 8.83 Å². The van der Waals surface area contributed by atoms with Gasteiger partial charge >= 0.3 is 0 Å². The van der Waals surface area contributed by atoms with Crippen LogP contribution in [0, 0.1) is 0 Å². The normalized spacial score (nSPS) is 11.9. The first-order valence-corrected chi connectivity index (χ1v) is 21.1. The van der Waals surface area contributed by atoms with Crippen molar-refractivity contribution in [2.75, 3.05) is 4.90 Å². The maximum Gasteiger partial charge on any atom is 0.137 e. The standard InChI is InChI=1S/C58H36N2O2/c1-2-12-37(13-3-1)40-24-30-44(53(34-40)60-51-19-9-6-18-50(51)58-45-15-5-4-14-38(45)25-33-52(58)60)39-22-26-41(27-23-39)59(42-28-31-48-46-16-7-10-20-54(46)61-56(48)35-42)43-29-32-49-47-17-8-11-21-55(47)62-57(49)36-43/h1-36H. The fourth-order valence-corrected chi connectivity index (χ4v) is 9.71.